The van der Waals surface area contributed by atoms with E-state index < -0.39 is 0 Å². The van der Waals surface area contributed by atoms with Crippen LogP contribution in [0.1, 0.15) is 28.4 Å². The average Bonchev–Trinajstić information content (AvgIpc) is 3.43. The van der Waals surface area contributed by atoms with Crippen molar-refractivity contribution in [3.8, 4) is 0 Å². The van der Waals surface area contributed by atoms with Gasteiger partial charge < -0.3 is 9.47 Å². The number of ether oxygens (including phenoxy) is 2. The molecule has 2 fully saturated rings. The third kappa shape index (κ3) is 1.02. The van der Waals surface area contributed by atoms with Crippen LogP contribution < -0.4 is 0 Å². The van der Waals surface area contributed by atoms with Crippen molar-refractivity contribution in [1.29, 1.82) is 0 Å². The second kappa shape index (κ2) is 3.66. The minimum absolute atomic E-state index is 0.137. The van der Waals surface area contributed by atoms with Crippen LogP contribution in [0.25, 0.3) is 10.8 Å². The lowest BCUT2D eigenvalue weighted by molar-refractivity contribution is -0.0922. The highest BCUT2D eigenvalue weighted by Crippen LogP contribution is 2.76. The van der Waals surface area contributed by atoms with E-state index in [9.17, 15) is 0 Å². The third-order valence-corrected chi connectivity index (χ3v) is 7.58. The quantitative estimate of drug-likeness (QED) is 0.560. The fourth-order valence-electron chi connectivity index (χ4n) is 6.93. The summed E-state index contributed by atoms with van der Waals surface area (Å²) in [5.41, 5.74) is 4.67. The zero-order valence-corrected chi connectivity index (χ0v) is 14.1. The van der Waals surface area contributed by atoms with Gasteiger partial charge >= 0.3 is 0 Å². The Morgan fingerprint density at radius 1 is 0.769 bits per heavy atom. The molecule has 2 saturated heterocycles. The molecule has 0 saturated carbocycles. The summed E-state index contributed by atoms with van der Waals surface area (Å²) < 4.78 is 13.7. The molecule has 3 aromatic rings. The fraction of sp³-hybridized carbons (Fsp3) is 0.250. The van der Waals surface area contributed by atoms with E-state index in [1.165, 1.54) is 33.0 Å². The number of benzene rings is 3. The summed E-state index contributed by atoms with van der Waals surface area (Å²) in [5, 5.41) is 2.61. The molecule has 0 amide bonds. The van der Waals surface area contributed by atoms with Gasteiger partial charge in [-0.05, 0) is 39.1 Å². The molecule has 4 aliphatic heterocycles. The largest absolute Gasteiger partial charge is 0.358 e. The first-order chi connectivity index (χ1) is 12.8. The van der Waals surface area contributed by atoms with Crippen LogP contribution in [0.4, 0.5) is 0 Å². The highest BCUT2D eigenvalue weighted by atomic mass is 16.6. The SMILES string of the molecule is C1=C[C@]23O[C@@H]1[C@@H]1[C@@H]4O[C@](c5ccccc54)(c4cccc5cccc2c45)[C@@H]13. The van der Waals surface area contributed by atoms with Crippen molar-refractivity contribution >= 4 is 10.8 Å². The predicted octanol–water partition coefficient (Wildman–Crippen LogP) is 4.58. The van der Waals surface area contributed by atoms with E-state index in [-0.39, 0.29) is 23.4 Å². The van der Waals surface area contributed by atoms with Gasteiger partial charge in [-0.2, -0.15) is 0 Å². The molecular weight excluding hydrogens is 320 g/mol. The van der Waals surface area contributed by atoms with Crippen molar-refractivity contribution in [3.63, 3.8) is 0 Å². The molecular formula is C24H16O2. The lowest BCUT2D eigenvalue weighted by Gasteiger charge is -2.47. The highest BCUT2D eigenvalue weighted by Gasteiger charge is 2.77. The van der Waals surface area contributed by atoms with Gasteiger partial charge in [0.2, 0.25) is 0 Å². The Kier molecular flexibility index (Phi) is 1.81. The van der Waals surface area contributed by atoms with Crippen molar-refractivity contribution in [2.75, 3.05) is 0 Å². The second-order valence-corrected chi connectivity index (χ2v) is 8.36. The van der Waals surface area contributed by atoms with E-state index >= 15 is 0 Å². The Hall–Kier alpha value is -2.42. The molecule has 1 aliphatic carbocycles. The number of rotatable bonds is 0. The first kappa shape index (κ1) is 12.9. The lowest BCUT2D eigenvalue weighted by atomic mass is 9.54. The minimum atomic E-state index is -0.376. The van der Waals surface area contributed by atoms with Crippen molar-refractivity contribution in [1.82, 2.24) is 0 Å². The van der Waals surface area contributed by atoms with E-state index in [0.717, 1.165) is 0 Å². The summed E-state index contributed by atoms with van der Waals surface area (Å²) in [6.07, 6.45) is 4.91. The standard InChI is InChI=1S/C24H16O2/c1-2-8-15-14(7-1)21-20-18-11-12-23(25-18)16-9-3-5-13-6-4-10-17(19(13)16)24(15,26-21)22(20)23/h1-12,18,20-22H/t18-,20+,21+,22-,23-,24+/m0/s1. The molecule has 0 N–H and O–H groups in total. The summed E-state index contributed by atoms with van der Waals surface area (Å²) in [4.78, 5) is 0. The summed E-state index contributed by atoms with van der Waals surface area (Å²) in [5.74, 6) is 0.726. The summed E-state index contributed by atoms with van der Waals surface area (Å²) in [6, 6.07) is 22.2. The number of hydrogen-bond acceptors (Lipinski definition) is 2. The van der Waals surface area contributed by atoms with Gasteiger partial charge in [-0.15, -0.1) is 0 Å². The van der Waals surface area contributed by atoms with E-state index in [1.54, 1.807) is 0 Å². The van der Waals surface area contributed by atoms with Crippen LogP contribution >= 0.6 is 0 Å². The monoisotopic (exact) mass is 336 g/mol. The Labute approximate surface area is 151 Å². The smallest absolute Gasteiger partial charge is 0.127 e. The van der Waals surface area contributed by atoms with Crippen molar-refractivity contribution in [2.24, 2.45) is 11.8 Å². The fourth-order valence-corrected chi connectivity index (χ4v) is 6.93. The molecule has 4 bridgehead atoms. The maximum Gasteiger partial charge on any atom is 0.127 e. The molecule has 4 heterocycles. The Bertz CT molecular complexity index is 1190. The molecule has 2 spiro atoms. The van der Waals surface area contributed by atoms with Gasteiger partial charge in [0.15, 0.2) is 0 Å². The zero-order valence-electron chi connectivity index (χ0n) is 14.1. The van der Waals surface area contributed by atoms with Crippen LogP contribution in [0.15, 0.2) is 72.8 Å². The summed E-state index contributed by atoms with van der Waals surface area (Å²) >= 11 is 0. The molecule has 0 aromatic heterocycles. The normalized spacial score (nSPS) is 41.7. The molecule has 26 heavy (non-hydrogen) atoms. The Morgan fingerprint density at radius 3 is 2.50 bits per heavy atom. The van der Waals surface area contributed by atoms with Crippen molar-refractivity contribution < 1.29 is 9.47 Å². The van der Waals surface area contributed by atoms with E-state index in [2.05, 4.69) is 72.8 Å². The molecule has 0 radical (unpaired) electrons. The highest BCUT2D eigenvalue weighted by molar-refractivity contribution is 5.93. The van der Waals surface area contributed by atoms with Crippen molar-refractivity contribution in [2.45, 2.75) is 23.4 Å². The van der Waals surface area contributed by atoms with Crippen molar-refractivity contribution in [3.05, 3.63) is 95.1 Å². The first-order valence-corrected chi connectivity index (χ1v) is 9.52. The van der Waals surface area contributed by atoms with Crippen LogP contribution in [-0.2, 0) is 20.7 Å². The minimum Gasteiger partial charge on any atom is -0.358 e. The molecule has 2 nitrogen and oxygen atoms in total. The molecule has 6 atom stereocenters. The molecule has 8 rings (SSSR count). The van der Waals surface area contributed by atoms with Crippen LogP contribution in [0, 0.1) is 11.8 Å². The van der Waals surface area contributed by atoms with Crippen LogP contribution in [0.3, 0.4) is 0 Å². The molecule has 5 aliphatic rings. The number of hydrogen-bond donors (Lipinski definition) is 0. The molecule has 3 aromatic carbocycles. The topological polar surface area (TPSA) is 18.5 Å². The van der Waals surface area contributed by atoms with Crippen LogP contribution in [0.5, 0.6) is 0 Å². The Balaban J connectivity index is 1.64. The number of fused-ring (bicyclic) bond motifs is 6. The summed E-state index contributed by atoms with van der Waals surface area (Å²) in [7, 11) is 0. The lowest BCUT2D eigenvalue weighted by Crippen LogP contribution is -2.49. The summed E-state index contributed by atoms with van der Waals surface area (Å²) in [6.45, 7) is 0. The zero-order chi connectivity index (χ0) is 16.7. The third-order valence-electron chi connectivity index (χ3n) is 7.58. The van der Waals surface area contributed by atoms with E-state index in [1.807, 2.05) is 0 Å². The van der Waals surface area contributed by atoms with Crippen LogP contribution in [-0.4, -0.2) is 6.10 Å². The van der Waals surface area contributed by atoms with Gasteiger partial charge in [0.25, 0.3) is 0 Å². The maximum absolute atomic E-state index is 6.97. The van der Waals surface area contributed by atoms with Gasteiger partial charge in [-0.25, -0.2) is 0 Å². The molecule has 2 heteroatoms. The van der Waals surface area contributed by atoms with Gasteiger partial charge in [-0.1, -0.05) is 66.7 Å². The van der Waals surface area contributed by atoms with Crippen LogP contribution in [0.2, 0.25) is 0 Å². The van der Waals surface area contributed by atoms with E-state index in [4.69, 9.17) is 9.47 Å². The van der Waals surface area contributed by atoms with Gasteiger partial charge in [-0.3, -0.25) is 0 Å². The molecule has 0 unspecified atom stereocenters. The van der Waals surface area contributed by atoms with E-state index in [0.29, 0.717) is 11.8 Å². The predicted molar refractivity (Wildman–Crippen MR) is 97.7 cm³/mol. The van der Waals surface area contributed by atoms with Gasteiger partial charge in [0.1, 0.15) is 11.2 Å². The Morgan fingerprint density at radius 2 is 1.58 bits per heavy atom. The second-order valence-electron chi connectivity index (χ2n) is 8.36. The maximum atomic E-state index is 6.97. The average molecular weight is 336 g/mol. The first-order valence-electron chi connectivity index (χ1n) is 9.52. The molecule has 124 valence electrons. The van der Waals surface area contributed by atoms with Gasteiger partial charge in [0.05, 0.1) is 12.2 Å². The van der Waals surface area contributed by atoms with Gasteiger partial charge in [0, 0.05) is 11.8 Å².